The molecule has 0 saturated carbocycles. The van der Waals surface area contributed by atoms with E-state index in [1.165, 1.54) is 0 Å². The summed E-state index contributed by atoms with van der Waals surface area (Å²) in [7, 11) is 0. The average Bonchev–Trinajstić information content (AvgIpc) is 2.81. The van der Waals surface area contributed by atoms with Gasteiger partial charge in [0.15, 0.2) is 0 Å². The topological polar surface area (TPSA) is 94.0 Å². The number of nitrogens with zero attached hydrogens (tertiary/aromatic N) is 1. The molecule has 5 heteroatoms. The monoisotopic (exact) mass is 262 g/mol. The van der Waals surface area contributed by atoms with Crippen LogP contribution < -0.4 is 16.8 Å². The molecule has 0 aromatic carbocycles. The van der Waals surface area contributed by atoms with Crippen molar-refractivity contribution in [2.24, 2.45) is 17.4 Å². The molecule has 1 aliphatic carbocycles. The number of fused-ring (bicyclic) bond motifs is 1. The van der Waals surface area contributed by atoms with Gasteiger partial charge in [0.1, 0.15) is 5.82 Å². The summed E-state index contributed by atoms with van der Waals surface area (Å²) >= 11 is 0. The largest absolute Gasteiger partial charge is 0.365 e. The van der Waals surface area contributed by atoms with Crippen LogP contribution in [0.1, 0.15) is 41.9 Å². The van der Waals surface area contributed by atoms with E-state index in [-0.39, 0.29) is 6.04 Å². The van der Waals surface area contributed by atoms with Crippen LogP contribution in [0, 0.1) is 5.92 Å². The second-order valence-electron chi connectivity index (χ2n) is 5.44. The Morgan fingerprint density at radius 3 is 2.79 bits per heavy atom. The minimum absolute atomic E-state index is 0.0880. The number of anilines is 1. The van der Waals surface area contributed by atoms with Crippen molar-refractivity contribution in [2.45, 2.75) is 39.2 Å². The summed E-state index contributed by atoms with van der Waals surface area (Å²) in [4.78, 5) is 16.1. The van der Waals surface area contributed by atoms with Gasteiger partial charge in [-0.1, -0.05) is 13.8 Å². The first-order chi connectivity index (χ1) is 9.02. The second-order valence-corrected chi connectivity index (χ2v) is 5.44. The average molecular weight is 262 g/mol. The first-order valence-electron chi connectivity index (χ1n) is 6.82. The van der Waals surface area contributed by atoms with E-state index in [1.807, 2.05) is 6.07 Å². The highest BCUT2D eigenvalue weighted by Crippen LogP contribution is 2.26. The number of rotatable bonds is 5. The fraction of sp³-hybridized carbons (Fsp3) is 0.571. The fourth-order valence-corrected chi connectivity index (χ4v) is 2.44. The molecule has 1 unspecified atom stereocenters. The van der Waals surface area contributed by atoms with Crippen molar-refractivity contribution < 1.29 is 4.79 Å². The van der Waals surface area contributed by atoms with Crippen molar-refractivity contribution in [3.63, 3.8) is 0 Å². The lowest BCUT2D eigenvalue weighted by Crippen LogP contribution is -2.35. The molecule has 1 aliphatic rings. The molecule has 0 radical (unpaired) electrons. The van der Waals surface area contributed by atoms with Crippen LogP contribution in [0.3, 0.4) is 0 Å². The van der Waals surface area contributed by atoms with Gasteiger partial charge in [0.2, 0.25) is 0 Å². The van der Waals surface area contributed by atoms with E-state index < -0.39 is 5.91 Å². The zero-order valence-electron chi connectivity index (χ0n) is 11.6. The van der Waals surface area contributed by atoms with Crippen molar-refractivity contribution in [3.05, 3.63) is 22.9 Å². The van der Waals surface area contributed by atoms with Gasteiger partial charge < -0.3 is 16.8 Å². The molecule has 19 heavy (non-hydrogen) atoms. The standard InChI is InChI=1S/C14H22N4O/c1-8(2)12(7-15)18-14-10(13(16)19)6-9-4-3-5-11(9)17-14/h6,8,12H,3-5,7,15H2,1-2H3,(H2,16,19)(H,17,18). The Morgan fingerprint density at radius 2 is 2.21 bits per heavy atom. The maximum Gasteiger partial charge on any atom is 0.252 e. The van der Waals surface area contributed by atoms with Crippen molar-refractivity contribution in [3.8, 4) is 0 Å². The quantitative estimate of drug-likeness (QED) is 0.739. The third-order valence-electron chi connectivity index (χ3n) is 3.70. The lowest BCUT2D eigenvalue weighted by molar-refractivity contribution is 0.100. The summed E-state index contributed by atoms with van der Waals surface area (Å²) < 4.78 is 0. The van der Waals surface area contributed by atoms with E-state index in [0.29, 0.717) is 23.8 Å². The first-order valence-corrected chi connectivity index (χ1v) is 6.82. The highest BCUT2D eigenvalue weighted by molar-refractivity contribution is 5.97. The summed E-state index contributed by atoms with van der Waals surface area (Å²) in [6, 6.07) is 1.97. The number of carbonyl (C=O) groups excluding carboxylic acids is 1. The number of hydrogen-bond acceptors (Lipinski definition) is 4. The molecule has 1 aromatic rings. The Bertz CT molecular complexity index is 485. The van der Waals surface area contributed by atoms with Gasteiger partial charge in [-0.15, -0.1) is 0 Å². The molecule has 0 aliphatic heterocycles. The van der Waals surface area contributed by atoms with E-state index in [9.17, 15) is 4.79 Å². The van der Waals surface area contributed by atoms with Crippen LogP contribution in [0.25, 0.3) is 0 Å². The number of primary amides is 1. The third-order valence-corrected chi connectivity index (χ3v) is 3.70. The van der Waals surface area contributed by atoms with E-state index in [1.54, 1.807) is 0 Å². The van der Waals surface area contributed by atoms with Crippen LogP contribution in [0.2, 0.25) is 0 Å². The highest BCUT2D eigenvalue weighted by Gasteiger charge is 2.21. The van der Waals surface area contributed by atoms with Gasteiger partial charge in [0.05, 0.1) is 5.56 Å². The Morgan fingerprint density at radius 1 is 1.47 bits per heavy atom. The fourth-order valence-electron chi connectivity index (χ4n) is 2.44. The first kappa shape index (κ1) is 13.8. The molecule has 0 saturated heterocycles. The zero-order chi connectivity index (χ0) is 14.0. The van der Waals surface area contributed by atoms with Crippen molar-refractivity contribution in [1.82, 2.24) is 4.98 Å². The predicted octanol–water partition coefficient (Wildman–Crippen LogP) is 1.06. The molecule has 1 amide bonds. The lowest BCUT2D eigenvalue weighted by Gasteiger charge is -2.22. The highest BCUT2D eigenvalue weighted by atomic mass is 16.1. The summed E-state index contributed by atoms with van der Waals surface area (Å²) in [6.45, 7) is 4.66. The van der Waals surface area contributed by atoms with E-state index in [4.69, 9.17) is 11.5 Å². The summed E-state index contributed by atoms with van der Waals surface area (Å²) in [5.41, 5.74) is 13.9. The number of hydrogen-bond donors (Lipinski definition) is 3. The van der Waals surface area contributed by atoms with Crippen LogP contribution in [-0.4, -0.2) is 23.5 Å². The Balaban J connectivity index is 2.35. The van der Waals surface area contributed by atoms with Crippen LogP contribution in [0.15, 0.2) is 6.07 Å². The number of pyridine rings is 1. The number of amides is 1. The maximum atomic E-state index is 11.6. The number of carbonyl (C=O) groups is 1. The Labute approximate surface area is 113 Å². The van der Waals surface area contributed by atoms with Gasteiger partial charge in [-0.05, 0) is 36.8 Å². The molecule has 1 atom stereocenters. The molecule has 5 nitrogen and oxygen atoms in total. The van der Waals surface area contributed by atoms with Crippen molar-refractivity contribution >= 4 is 11.7 Å². The van der Waals surface area contributed by atoms with E-state index in [0.717, 1.165) is 30.5 Å². The zero-order valence-corrected chi connectivity index (χ0v) is 11.6. The molecular weight excluding hydrogens is 240 g/mol. The van der Waals surface area contributed by atoms with Crippen molar-refractivity contribution in [2.75, 3.05) is 11.9 Å². The van der Waals surface area contributed by atoms with Crippen LogP contribution in [-0.2, 0) is 12.8 Å². The number of nitrogens with two attached hydrogens (primary N) is 2. The smallest absolute Gasteiger partial charge is 0.252 e. The van der Waals surface area contributed by atoms with Crippen molar-refractivity contribution in [1.29, 1.82) is 0 Å². The normalized spacial score (nSPS) is 15.4. The molecular formula is C14H22N4O. The van der Waals surface area contributed by atoms with Gasteiger partial charge >= 0.3 is 0 Å². The third kappa shape index (κ3) is 2.87. The van der Waals surface area contributed by atoms with Crippen LogP contribution in [0.4, 0.5) is 5.82 Å². The Kier molecular flexibility index (Phi) is 4.04. The molecule has 0 bridgehead atoms. The molecule has 1 aromatic heterocycles. The minimum atomic E-state index is -0.441. The van der Waals surface area contributed by atoms with Gasteiger partial charge in [-0.25, -0.2) is 4.98 Å². The molecule has 2 rings (SSSR count). The predicted molar refractivity (Wildman–Crippen MR) is 76.1 cm³/mol. The number of aryl methyl sites for hydroxylation is 2. The molecule has 0 fully saturated rings. The van der Waals surface area contributed by atoms with Gasteiger partial charge in [0.25, 0.3) is 5.91 Å². The van der Waals surface area contributed by atoms with Gasteiger partial charge in [-0.3, -0.25) is 4.79 Å². The minimum Gasteiger partial charge on any atom is -0.365 e. The second kappa shape index (κ2) is 5.57. The van der Waals surface area contributed by atoms with E-state index in [2.05, 4.69) is 24.1 Å². The Hall–Kier alpha value is -1.62. The summed E-state index contributed by atoms with van der Waals surface area (Å²) in [5, 5.41) is 3.27. The lowest BCUT2D eigenvalue weighted by atomic mass is 10.0. The molecule has 1 heterocycles. The molecule has 5 N–H and O–H groups in total. The number of aromatic nitrogens is 1. The SMILES string of the molecule is CC(C)C(CN)Nc1nc2c(cc1C(N)=O)CCC2. The molecule has 0 spiro atoms. The summed E-state index contributed by atoms with van der Waals surface area (Å²) in [6.07, 6.45) is 3.04. The van der Waals surface area contributed by atoms with Gasteiger partial charge in [0, 0.05) is 18.3 Å². The molecule has 104 valence electrons. The summed E-state index contributed by atoms with van der Waals surface area (Å²) in [5.74, 6) is 0.502. The number of nitrogens with one attached hydrogen (secondary N) is 1. The van der Waals surface area contributed by atoms with E-state index >= 15 is 0 Å². The van der Waals surface area contributed by atoms with Crippen LogP contribution >= 0.6 is 0 Å². The van der Waals surface area contributed by atoms with Crippen LogP contribution in [0.5, 0.6) is 0 Å². The van der Waals surface area contributed by atoms with Gasteiger partial charge in [-0.2, -0.15) is 0 Å². The maximum absolute atomic E-state index is 11.6.